The van der Waals surface area contributed by atoms with Crippen LogP contribution in [0.5, 0.6) is 0 Å². The van der Waals surface area contributed by atoms with Crippen molar-refractivity contribution in [3.8, 4) is 0 Å². The van der Waals surface area contributed by atoms with Crippen molar-refractivity contribution < 1.29 is 22.8 Å². The lowest BCUT2D eigenvalue weighted by Gasteiger charge is -2.41. The second-order valence-electron chi connectivity index (χ2n) is 21.4. The van der Waals surface area contributed by atoms with Crippen LogP contribution < -0.4 is 0 Å². The van der Waals surface area contributed by atoms with Crippen LogP contribution in [0.2, 0.25) is 54.4 Å². The van der Waals surface area contributed by atoms with Crippen LogP contribution in [0.4, 0.5) is 0 Å². The third kappa shape index (κ3) is 19.7. The van der Waals surface area contributed by atoms with E-state index in [2.05, 4.69) is 206 Å². The summed E-state index contributed by atoms with van der Waals surface area (Å²) in [6, 6.07) is 21.0. The molecule has 340 valence electrons. The van der Waals surface area contributed by atoms with Gasteiger partial charge in [-0.05, 0) is 104 Å². The number of rotatable bonds is 27. The van der Waals surface area contributed by atoms with Crippen molar-refractivity contribution in [3.05, 3.63) is 108 Å². The van der Waals surface area contributed by atoms with E-state index in [1.807, 2.05) is 0 Å². The smallest absolute Gasteiger partial charge is 0.192 e. The van der Waals surface area contributed by atoms with E-state index in [-0.39, 0.29) is 39.5 Å². The minimum atomic E-state index is -2.14. The molecule has 0 heterocycles. The summed E-state index contributed by atoms with van der Waals surface area (Å²) >= 11 is 0. The average Bonchev–Trinajstić information content (AvgIpc) is 3.15. The summed E-state index contributed by atoms with van der Waals surface area (Å²) in [7, 11) is -6.08. The van der Waals surface area contributed by atoms with Crippen LogP contribution in [-0.2, 0) is 36.0 Å². The Morgan fingerprint density at radius 3 is 1.43 bits per heavy atom. The molecule has 0 aliphatic carbocycles. The molecule has 60 heavy (non-hydrogen) atoms. The fourth-order valence-electron chi connectivity index (χ4n) is 5.96. The molecule has 2 rings (SSSR count). The molecule has 0 radical (unpaired) electrons. The van der Waals surface area contributed by atoms with Gasteiger partial charge in [0.15, 0.2) is 25.0 Å². The molecule has 0 aliphatic heterocycles. The van der Waals surface area contributed by atoms with Crippen LogP contribution in [0.15, 0.2) is 97.1 Å². The third-order valence-electron chi connectivity index (χ3n) is 13.2. The predicted octanol–water partition coefficient (Wildman–Crippen LogP) is 15.8. The maximum atomic E-state index is 7.28. The highest BCUT2D eigenvalue weighted by Crippen LogP contribution is 2.40. The normalized spacial score (nSPS) is 15.9. The van der Waals surface area contributed by atoms with Crippen molar-refractivity contribution in [1.82, 2.24) is 0 Å². The molecule has 0 saturated heterocycles. The second kappa shape index (κ2) is 25.4. The van der Waals surface area contributed by atoms with Gasteiger partial charge in [0, 0.05) is 6.61 Å². The maximum absolute atomic E-state index is 7.28. The van der Waals surface area contributed by atoms with Crippen molar-refractivity contribution in [1.29, 1.82) is 0 Å². The summed E-state index contributed by atoms with van der Waals surface area (Å²) in [6.45, 7) is 39.0. The Labute approximate surface area is 373 Å². The Balaban J connectivity index is 2.52. The van der Waals surface area contributed by atoms with Gasteiger partial charge in [-0.1, -0.05) is 179 Å². The van der Waals surface area contributed by atoms with Gasteiger partial charge >= 0.3 is 0 Å². The molecule has 2 unspecified atom stereocenters. The number of hydrogen-bond donors (Lipinski definition) is 0. The summed E-state index contributed by atoms with van der Waals surface area (Å²) in [4.78, 5) is 0. The molecule has 0 aliphatic rings. The van der Waals surface area contributed by atoms with Crippen LogP contribution in [0.25, 0.3) is 0 Å². The van der Waals surface area contributed by atoms with Crippen molar-refractivity contribution in [2.45, 2.75) is 213 Å². The Hall–Kier alpha value is -1.89. The van der Waals surface area contributed by atoms with E-state index in [1.165, 1.54) is 19.3 Å². The molecule has 0 aromatic heterocycles. The molecule has 2 aromatic rings. The molecule has 4 atom stereocenters. The Morgan fingerprint density at radius 2 is 0.983 bits per heavy atom. The zero-order valence-corrected chi connectivity index (χ0v) is 44.4. The Bertz CT molecular complexity index is 1530. The van der Waals surface area contributed by atoms with Gasteiger partial charge in [0.1, 0.15) is 12.2 Å². The number of unbranched alkanes of at least 4 members (excludes halogenated alkanes) is 4. The summed E-state index contributed by atoms with van der Waals surface area (Å²) in [5.74, 6) is 0. The van der Waals surface area contributed by atoms with Gasteiger partial charge in [0.2, 0.25) is 0 Å². The number of allylic oxidation sites excluding steroid dienone is 3. The van der Waals surface area contributed by atoms with E-state index in [9.17, 15) is 0 Å². The highest BCUT2D eigenvalue weighted by atomic mass is 28.4. The standard InChI is InChI=1S/C52H90O5Si3/c1-17-18-19-20-21-28-39-48(56-59(13,14)51(5,6)7)46(53-42-44-33-24-22-25-34-44)37-29-30-38-47(54-43-45-35-26-23-27-36-45)49(57-60(15,16)52(8,9)10)40-31-32-41-55-58(11,12)50(2,3)4/h21-30,33-38,46-49H,17-20,31-32,39-43H2,1-16H3/t46?,47?,48-,49+/m1/s1. The largest absolute Gasteiger partial charge is 0.417 e. The van der Waals surface area contributed by atoms with Gasteiger partial charge in [0.05, 0.1) is 25.4 Å². The summed E-state index contributed by atoms with van der Waals surface area (Å²) in [6.07, 6.45) is 21.2. The van der Waals surface area contributed by atoms with Gasteiger partial charge in [-0.2, -0.15) is 0 Å². The quantitative estimate of drug-likeness (QED) is 0.0387. The summed E-state index contributed by atoms with van der Waals surface area (Å²) < 4.78 is 34.8. The fourth-order valence-corrected chi connectivity index (χ4v) is 9.75. The average molecular weight is 880 g/mol. The van der Waals surface area contributed by atoms with E-state index >= 15 is 0 Å². The summed E-state index contributed by atoms with van der Waals surface area (Å²) in [5, 5.41) is 0.337. The Kier molecular flexibility index (Phi) is 23.0. The van der Waals surface area contributed by atoms with Gasteiger partial charge in [0.25, 0.3) is 0 Å². The maximum Gasteiger partial charge on any atom is 0.192 e. The first-order valence-corrected chi connectivity index (χ1v) is 31.9. The SMILES string of the molecule is CCCCCC=CC[C@@H](O[Si](C)(C)C(C)(C)C)C(C=CC=CC(OCc1ccccc1)[C@H](CCCCO[Si](C)(C)C(C)(C)C)O[Si](C)(C)C(C)(C)C)OCc1ccccc1. The number of benzene rings is 2. The first kappa shape index (κ1) is 54.2. The van der Waals surface area contributed by atoms with Crippen LogP contribution in [0, 0.1) is 0 Å². The second-order valence-corrected chi connectivity index (χ2v) is 35.8. The number of hydrogen-bond acceptors (Lipinski definition) is 5. The molecule has 0 N–H and O–H groups in total. The van der Waals surface area contributed by atoms with Crippen LogP contribution in [0.3, 0.4) is 0 Å². The molecule has 5 nitrogen and oxygen atoms in total. The lowest BCUT2D eigenvalue weighted by Crippen LogP contribution is -2.47. The first-order valence-electron chi connectivity index (χ1n) is 23.2. The van der Waals surface area contributed by atoms with Gasteiger partial charge < -0.3 is 22.8 Å². The van der Waals surface area contributed by atoms with Crippen molar-refractivity contribution >= 4 is 25.0 Å². The molecule has 8 heteroatoms. The third-order valence-corrected chi connectivity index (χ3v) is 26.7. The van der Waals surface area contributed by atoms with E-state index in [1.54, 1.807) is 0 Å². The minimum absolute atomic E-state index is 0.0667. The lowest BCUT2D eigenvalue weighted by molar-refractivity contribution is -0.0169. The molecule has 0 saturated carbocycles. The highest BCUT2D eigenvalue weighted by Gasteiger charge is 2.42. The van der Waals surface area contributed by atoms with Crippen LogP contribution >= 0.6 is 0 Å². The van der Waals surface area contributed by atoms with Crippen molar-refractivity contribution in [2.75, 3.05) is 6.61 Å². The minimum Gasteiger partial charge on any atom is -0.417 e. The first-order chi connectivity index (χ1) is 27.9. The molecular formula is C52H90O5Si3. The monoisotopic (exact) mass is 879 g/mol. The van der Waals surface area contributed by atoms with Crippen molar-refractivity contribution in [3.63, 3.8) is 0 Å². The molecule has 0 fully saturated rings. The van der Waals surface area contributed by atoms with Gasteiger partial charge in [-0.25, -0.2) is 0 Å². The molecule has 0 amide bonds. The topological polar surface area (TPSA) is 46.2 Å². The van der Waals surface area contributed by atoms with Gasteiger partial charge in [-0.15, -0.1) is 0 Å². The van der Waals surface area contributed by atoms with Gasteiger partial charge in [-0.3, -0.25) is 0 Å². The van der Waals surface area contributed by atoms with E-state index in [4.69, 9.17) is 22.8 Å². The summed E-state index contributed by atoms with van der Waals surface area (Å²) in [5.41, 5.74) is 2.31. The lowest BCUT2D eigenvalue weighted by atomic mass is 10.1. The molecule has 0 bridgehead atoms. The molecule has 0 spiro atoms. The van der Waals surface area contributed by atoms with E-state index in [0.29, 0.717) is 13.2 Å². The molecule has 2 aromatic carbocycles. The zero-order valence-electron chi connectivity index (χ0n) is 41.4. The predicted molar refractivity (Wildman–Crippen MR) is 267 cm³/mol. The zero-order chi connectivity index (χ0) is 45.1. The highest BCUT2D eigenvalue weighted by molar-refractivity contribution is 6.75. The van der Waals surface area contributed by atoms with Crippen LogP contribution in [-0.4, -0.2) is 56.0 Å². The number of ether oxygens (including phenoxy) is 2. The van der Waals surface area contributed by atoms with Crippen LogP contribution in [0.1, 0.15) is 132 Å². The van der Waals surface area contributed by atoms with E-state index in [0.717, 1.165) is 49.8 Å². The Morgan fingerprint density at radius 1 is 0.533 bits per heavy atom. The van der Waals surface area contributed by atoms with Crippen molar-refractivity contribution in [2.24, 2.45) is 0 Å². The fraction of sp³-hybridized carbons (Fsp3) is 0.654. The van der Waals surface area contributed by atoms with E-state index < -0.39 is 25.0 Å². The molecular weight excluding hydrogens is 789 g/mol.